The van der Waals surface area contributed by atoms with Crippen LogP contribution in [-0.4, -0.2) is 42.9 Å². The molecule has 8 heteroatoms. The molecule has 2 heterocycles. The van der Waals surface area contributed by atoms with E-state index in [1.807, 2.05) is 55.5 Å². The monoisotopic (exact) mass is 532 g/mol. The summed E-state index contributed by atoms with van der Waals surface area (Å²) in [7, 11) is -2.47. The van der Waals surface area contributed by atoms with Crippen molar-refractivity contribution in [3.8, 4) is 5.75 Å². The lowest BCUT2D eigenvalue weighted by Crippen LogP contribution is -2.47. The van der Waals surface area contributed by atoms with Gasteiger partial charge in [-0.1, -0.05) is 48.0 Å². The molecule has 1 aliphatic heterocycles. The highest BCUT2D eigenvalue weighted by Crippen LogP contribution is 2.46. The summed E-state index contributed by atoms with van der Waals surface area (Å²) in [6.45, 7) is 7.30. The Morgan fingerprint density at radius 2 is 1.63 bits per heavy atom. The molecule has 38 heavy (non-hydrogen) atoms. The first-order chi connectivity index (χ1) is 18.0. The SMILES string of the molecule is COc1ccc(C2CN(S(=O)(=O)c3ccc(C)cc3)C(C(=O)OC(C)(C)C)c3[nH]c4ccccc4c32)cc1. The molecule has 0 amide bonds. The summed E-state index contributed by atoms with van der Waals surface area (Å²) in [5.74, 6) is -0.236. The Bertz CT molecular complexity index is 1580. The molecule has 0 radical (unpaired) electrons. The van der Waals surface area contributed by atoms with Crippen LogP contribution >= 0.6 is 0 Å². The minimum Gasteiger partial charge on any atom is -0.497 e. The predicted molar refractivity (Wildman–Crippen MR) is 147 cm³/mol. The Hall–Kier alpha value is -3.62. The van der Waals surface area contributed by atoms with E-state index in [9.17, 15) is 13.2 Å². The number of nitrogens with one attached hydrogen (secondary N) is 1. The number of rotatable bonds is 5. The lowest BCUT2D eigenvalue weighted by Gasteiger charge is -2.38. The number of ether oxygens (including phenoxy) is 2. The minimum absolute atomic E-state index is 0.0707. The molecule has 0 aliphatic carbocycles. The number of H-pyrrole nitrogens is 1. The van der Waals surface area contributed by atoms with Crippen LogP contribution in [0.3, 0.4) is 0 Å². The van der Waals surface area contributed by atoms with Crippen LogP contribution in [-0.2, 0) is 19.6 Å². The third-order valence-corrected chi connectivity index (χ3v) is 8.67. The van der Waals surface area contributed by atoms with E-state index in [-0.39, 0.29) is 17.4 Å². The van der Waals surface area contributed by atoms with E-state index in [1.54, 1.807) is 52.1 Å². The fourth-order valence-corrected chi connectivity index (χ4v) is 6.65. The number of carbonyl (C=O) groups is 1. The number of aromatic nitrogens is 1. The van der Waals surface area contributed by atoms with Gasteiger partial charge in [0.25, 0.3) is 0 Å². The van der Waals surface area contributed by atoms with Crippen LogP contribution in [0.2, 0.25) is 0 Å². The van der Waals surface area contributed by atoms with Gasteiger partial charge < -0.3 is 14.5 Å². The molecule has 2 unspecified atom stereocenters. The van der Waals surface area contributed by atoms with Crippen molar-refractivity contribution in [1.82, 2.24) is 9.29 Å². The van der Waals surface area contributed by atoms with Crippen LogP contribution in [0.5, 0.6) is 5.75 Å². The average Bonchev–Trinajstić information content (AvgIpc) is 3.26. The van der Waals surface area contributed by atoms with Crippen molar-refractivity contribution in [3.05, 3.63) is 95.2 Å². The highest BCUT2D eigenvalue weighted by Gasteiger charge is 2.47. The Labute approximate surface area is 223 Å². The molecule has 0 saturated carbocycles. The number of aromatic amines is 1. The van der Waals surface area contributed by atoms with Gasteiger partial charge in [-0.15, -0.1) is 0 Å². The standard InChI is InChI=1S/C30H32N2O5S/c1-19-10-16-22(17-11-19)38(34,35)32-18-24(20-12-14-21(36-5)15-13-20)26-23-8-6-7-9-25(23)31-27(26)28(32)29(33)37-30(2,3)4/h6-17,24,28,31H,18H2,1-5H3. The summed E-state index contributed by atoms with van der Waals surface area (Å²) in [4.78, 5) is 17.3. The van der Waals surface area contributed by atoms with Gasteiger partial charge in [-0.05, 0) is 69.2 Å². The first-order valence-corrected chi connectivity index (χ1v) is 14.0. The summed E-state index contributed by atoms with van der Waals surface area (Å²) in [5, 5.41) is 0.948. The van der Waals surface area contributed by atoms with Crippen molar-refractivity contribution in [1.29, 1.82) is 0 Å². The Kier molecular flexibility index (Phi) is 6.57. The molecular formula is C30H32N2O5S. The van der Waals surface area contributed by atoms with Crippen molar-refractivity contribution >= 4 is 26.9 Å². The van der Waals surface area contributed by atoms with E-state index in [0.717, 1.165) is 27.6 Å². The van der Waals surface area contributed by atoms with Crippen molar-refractivity contribution in [2.24, 2.45) is 0 Å². The quantitative estimate of drug-likeness (QED) is 0.333. The summed E-state index contributed by atoms with van der Waals surface area (Å²) < 4.78 is 40.8. The number of carbonyl (C=O) groups excluding carboxylic acids is 1. The number of benzene rings is 3. The molecule has 4 aromatic rings. The summed E-state index contributed by atoms with van der Waals surface area (Å²) >= 11 is 0. The van der Waals surface area contributed by atoms with Crippen molar-refractivity contribution in [2.75, 3.05) is 13.7 Å². The van der Waals surface area contributed by atoms with Crippen molar-refractivity contribution in [3.63, 3.8) is 0 Å². The minimum atomic E-state index is -4.07. The third kappa shape index (κ3) is 4.70. The largest absolute Gasteiger partial charge is 0.497 e. The highest BCUT2D eigenvalue weighted by atomic mass is 32.2. The molecule has 0 fully saturated rings. The fraction of sp³-hybridized carbons (Fsp3) is 0.300. The number of aryl methyl sites for hydroxylation is 1. The van der Waals surface area contributed by atoms with Gasteiger partial charge in [-0.3, -0.25) is 0 Å². The van der Waals surface area contributed by atoms with Crippen molar-refractivity contribution in [2.45, 2.75) is 50.2 Å². The number of methoxy groups -OCH3 is 1. The van der Waals surface area contributed by atoms with Gasteiger partial charge in [0.15, 0.2) is 6.04 Å². The van der Waals surface area contributed by atoms with E-state index < -0.39 is 27.6 Å². The summed E-state index contributed by atoms with van der Waals surface area (Å²) in [6, 6.07) is 20.9. The Morgan fingerprint density at radius 3 is 2.26 bits per heavy atom. The average molecular weight is 533 g/mol. The van der Waals surface area contributed by atoms with Gasteiger partial charge in [-0.25, -0.2) is 13.2 Å². The summed E-state index contributed by atoms with van der Waals surface area (Å²) in [6.07, 6.45) is 0. The molecule has 3 aromatic carbocycles. The van der Waals surface area contributed by atoms with E-state index >= 15 is 0 Å². The zero-order chi connectivity index (χ0) is 27.2. The van der Waals surface area contributed by atoms with Crippen LogP contribution in [0.25, 0.3) is 10.9 Å². The molecular weight excluding hydrogens is 500 g/mol. The second kappa shape index (κ2) is 9.60. The number of hydrogen-bond donors (Lipinski definition) is 1. The van der Waals surface area contributed by atoms with Crippen LogP contribution < -0.4 is 4.74 Å². The van der Waals surface area contributed by atoms with E-state index in [0.29, 0.717) is 11.4 Å². The molecule has 2 atom stereocenters. The smallest absolute Gasteiger partial charge is 0.331 e. The van der Waals surface area contributed by atoms with Crippen LogP contribution in [0.15, 0.2) is 77.7 Å². The first kappa shape index (κ1) is 26.0. The zero-order valence-corrected chi connectivity index (χ0v) is 23.0. The van der Waals surface area contributed by atoms with Crippen LogP contribution in [0.1, 0.15) is 55.1 Å². The van der Waals surface area contributed by atoms with Gasteiger partial charge in [-0.2, -0.15) is 4.31 Å². The van der Waals surface area contributed by atoms with Crippen LogP contribution in [0, 0.1) is 6.92 Å². The van der Waals surface area contributed by atoms with E-state index in [4.69, 9.17) is 9.47 Å². The number of sulfonamides is 1. The maximum absolute atomic E-state index is 14.2. The molecule has 7 nitrogen and oxygen atoms in total. The molecule has 1 N–H and O–H groups in total. The molecule has 0 spiro atoms. The first-order valence-electron chi connectivity index (χ1n) is 12.6. The normalized spacial score (nSPS) is 18.2. The molecule has 1 aliphatic rings. The topological polar surface area (TPSA) is 88.7 Å². The summed E-state index contributed by atoms with van der Waals surface area (Å²) in [5.41, 5.74) is 3.33. The Balaban J connectivity index is 1.75. The van der Waals surface area contributed by atoms with E-state index in [2.05, 4.69) is 4.98 Å². The lowest BCUT2D eigenvalue weighted by molar-refractivity contribution is -0.160. The number of fused-ring (bicyclic) bond motifs is 3. The fourth-order valence-electron chi connectivity index (χ4n) is 5.08. The van der Waals surface area contributed by atoms with Gasteiger partial charge in [0, 0.05) is 29.1 Å². The molecule has 0 saturated heterocycles. The zero-order valence-electron chi connectivity index (χ0n) is 22.2. The van der Waals surface area contributed by atoms with Gasteiger partial charge >= 0.3 is 5.97 Å². The highest BCUT2D eigenvalue weighted by molar-refractivity contribution is 7.89. The molecule has 5 rings (SSSR count). The Morgan fingerprint density at radius 1 is 0.974 bits per heavy atom. The maximum atomic E-state index is 14.2. The van der Waals surface area contributed by atoms with E-state index in [1.165, 1.54) is 4.31 Å². The number of para-hydroxylation sites is 1. The predicted octanol–water partition coefficient (Wildman–Crippen LogP) is 5.70. The maximum Gasteiger partial charge on any atom is 0.331 e. The second-order valence-corrected chi connectivity index (χ2v) is 12.5. The number of esters is 1. The van der Waals surface area contributed by atoms with Crippen molar-refractivity contribution < 1.29 is 22.7 Å². The third-order valence-electron chi connectivity index (χ3n) is 6.82. The molecule has 198 valence electrons. The van der Waals surface area contributed by atoms with Gasteiger partial charge in [0.2, 0.25) is 10.0 Å². The molecule has 1 aromatic heterocycles. The lowest BCUT2D eigenvalue weighted by atomic mass is 9.84. The van der Waals surface area contributed by atoms with Gasteiger partial charge in [0.1, 0.15) is 11.4 Å². The van der Waals surface area contributed by atoms with Gasteiger partial charge in [0.05, 0.1) is 12.0 Å². The number of hydrogen-bond acceptors (Lipinski definition) is 5. The number of nitrogens with zero attached hydrogens (tertiary/aromatic N) is 1. The second-order valence-electron chi connectivity index (χ2n) is 10.6. The molecule has 0 bridgehead atoms. The van der Waals surface area contributed by atoms with Crippen LogP contribution in [0.4, 0.5) is 0 Å².